The van der Waals surface area contributed by atoms with Crippen LogP contribution in [-0.2, 0) is 6.42 Å². The predicted molar refractivity (Wildman–Crippen MR) is 81.3 cm³/mol. The van der Waals surface area contributed by atoms with E-state index in [0.29, 0.717) is 10.0 Å². The van der Waals surface area contributed by atoms with E-state index in [-0.39, 0.29) is 12.1 Å². The van der Waals surface area contributed by atoms with Gasteiger partial charge in [0.15, 0.2) is 0 Å². The van der Waals surface area contributed by atoms with E-state index >= 15 is 0 Å². The Kier molecular flexibility index (Phi) is 5.37. The summed E-state index contributed by atoms with van der Waals surface area (Å²) in [5.74, 6) is 0.780. The molecule has 0 heterocycles. The zero-order valence-corrected chi connectivity index (χ0v) is 12.8. The number of rotatable bonds is 5. The third-order valence-electron chi connectivity index (χ3n) is 3.68. The van der Waals surface area contributed by atoms with Gasteiger partial charge in [-0.05, 0) is 56.2 Å². The molecule has 106 valence electrons. The van der Waals surface area contributed by atoms with Crippen molar-refractivity contribution in [2.75, 3.05) is 0 Å². The molecule has 0 amide bonds. The largest absolute Gasteiger partial charge is 0.489 e. The van der Waals surface area contributed by atoms with Crippen LogP contribution in [0.15, 0.2) is 12.1 Å². The van der Waals surface area contributed by atoms with E-state index in [1.807, 2.05) is 6.07 Å². The standard InChI is InChI=1S/C15H21Cl2NO/c1-2-12(18)8-10-7-11(16)9-14(17)15(10)19-13-5-3-4-6-13/h7,9,12-13H,2-6,8,18H2,1H3. The molecule has 0 bridgehead atoms. The molecule has 2 rings (SSSR count). The van der Waals surface area contributed by atoms with Crippen molar-refractivity contribution in [2.24, 2.45) is 5.73 Å². The Labute approximate surface area is 125 Å². The lowest BCUT2D eigenvalue weighted by molar-refractivity contribution is 0.208. The first kappa shape index (κ1) is 15.0. The van der Waals surface area contributed by atoms with Crippen molar-refractivity contribution in [3.8, 4) is 5.75 Å². The van der Waals surface area contributed by atoms with E-state index in [0.717, 1.165) is 37.0 Å². The van der Waals surface area contributed by atoms with Gasteiger partial charge in [-0.25, -0.2) is 0 Å². The molecule has 0 aliphatic heterocycles. The molecule has 1 aromatic rings. The summed E-state index contributed by atoms with van der Waals surface area (Å²) in [6, 6.07) is 3.78. The van der Waals surface area contributed by atoms with Crippen LogP contribution in [0.25, 0.3) is 0 Å². The monoisotopic (exact) mass is 301 g/mol. The van der Waals surface area contributed by atoms with Crippen molar-refractivity contribution < 1.29 is 4.74 Å². The van der Waals surface area contributed by atoms with Gasteiger partial charge >= 0.3 is 0 Å². The molecule has 2 N–H and O–H groups in total. The molecular weight excluding hydrogens is 281 g/mol. The second kappa shape index (κ2) is 6.83. The third-order valence-corrected chi connectivity index (χ3v) is 4.18. The van der Waals surface area contributed by atoms with Gasteiger partial charge in [0, 0.05) is 11.1 Å². The van der Waals surface area contributed by atoms with Crippen LogP contribution in [0.2, 0.25) is 10.0 Å². The molecule has 0 spiro atoms. The molecule has 1 aromatic carbocycles. The van der Waals surface area contributed by atoms with Crippen LogP contribution in [0.3, 0.4) is 0 Å². The molecule has 2 nitrogen and oxygen atoms in total. The molecule has 0 radical (unpaired) electrons. The second-order valence-electron chi connectivity index (χ2n) is 5.27. The second-order valence-corrected chi connectivity index (χ2v) is 6.12. The zero-order valence-electron chi connectivity index (χ0n) is 11.3. The normalized spacial score (nSPS) is 17.7. The highest BCUT2D eigenvalue weighted by Gasteiger charge is 2.20. The molecular formula is C15H21Cl2NO. The summed E-state index contributed by atoms with van der Waals surface area (Å²) in [5.41, 5.74) is 7.07. The highest BCUT2D eigenvalue weighted by Crippen LogP contribution is 2.36. The fourth-order valence-corrected chi connectivity index (χ4v) is 3.08. The number of ether oxygens (including phenoxy) is 1. The highest BCUT2D eigenvalue weighted by atomic mass is 35.5. The summed E-state index contributed by atoms with van der Waals surface area (Å²) in [4.78, 5) is 0. The Bertz CT molecular complexity index is 430. The van der Waals surface area contributed by atoms with E-state index in [9.17, 15) is 0 Å². The lowest BCUT2D eigenvalue weighted by atomic mass is 10.0. The van der Waals surface area contributed by atoms with Crippen LogP contribution in [-0.4, -0.2) is 12.1 Å². The summed E-state index contributed by atoms with van der Waals surface area (Å²) >= 11 is 12.4. The van der Waals surface area contributed by atoms with E-state index in [2.05, 4.69) is 6.92 Å². The fourth-order valence-electron chi connectivity index (χ4n) is 2.50. The molecule has 1 saturated carbocycles. The molecule has 1 unspecified atom stereocenters. The van der Waals surface area contributed by atoms with Crippen molar-refractivity contribution in [2.45, 2.75) is 57.6 Å². The Morgan fingerprint density at radius 2 is 2.00 bits per heavy atom. The van der Waals surface area contributed by atoms with Gasteiger partial charge in [0.05, 0.1) is 11.1 Å². The summed E-state index contributed by atoms with van der Waals surface area (Å²) in [6.45, 7) is 2.08. The first-order valence-electron chi connectivity index (χ1n) is 7.00. The number of nitrogens with two attached hydrogens (primary N) is 1. The van der Waals surface area contributed by atoms with Gasteiger partial charge in [-0.3, -0.25) is 0 Å². The van der Waals surface area contributed by atoms with E-state index in [1.165, 1.54) is 12.8 Å². The smallest absolute Gasteiger partial charge is 0.141 e. The summed E-state index contributed by atoms with van der Waals surface area (Å²) < 4.78 is 6.09. The van der Waals surface area contributed by atoms with Crippen molar-refractivity contribution >= 4 is 23.2 Å². The van der Waals surface area contributed by atoms with Crippen LogP contribution in [0.1, 0.15) is 44.6 Å². The molecule has 19 heavy (non-hydrogen) atoms. The minimum atomic E-state index is 0.112. The molecule has 1 atom stereocenters. The first-order valence-corrected chi connectivity index (χ1v) is 7.76. The molecule has 0 saturated heterocycles. The Morgan fingerprint density at radius 1 is 1.32 bits per heavy atom. The van der Waals surface area contributed by atoms with Crippen LogP contribution >= 0.6 is 23.2 Å². The van der Waals surface area contributed by atoms with Gasteiger partial charge in [0.25, 0.3) is 0 Å². The summed E-state index contributed by atoms with van der Waals surface area (Å²) in [6.07, 6.45) is 6.65. The Balaban J connectivity index is 2.22. The van der Waals surface area contributed by atoms with Crippen molar-refractivity contribution in [3.05, 3.63) is 27.7 Å². The van der Waals surface area contributed by atoms with E-state index < -0.39 is 0 Å². The van der Waals surface area contributed by atoms with Crippen molar-refractivity contribution in [3.63, 3.8) is 0 Å². The maximum Gasteiger partial charge on any atom is 0.141 e. The Morgan fingerprint density at radius 3 is 2.63 bits per heavy atom. The molecule has 1 fully saturated rings. The third kappa shape index (κ3) is 4.01. The summed E-state index contributed by atoms with van der Waals surface area (Å²) in [7, 11) is 0. The van der Waals surface area contributed by atoms with Crippen LogP contribution in [0.5, 0.6) is 5.75 Å². The molecule has 4 heteroatoms. The summed E-state index contributed by atoms with van der Waals surface area (Å²) in [5, 5.41) is 1.24. The van der Waals surface area contributed by atoms with Crippen molar-refractivity contribution in [1.82, 2.24) is 0 Å². The number of benzene rings is 1. The SMILES string of the molecule is CCC(N)Cc1cc(Cl)cc(Cl)c1OC1CCCC1. The predicted octanol–water partition coefficient (Wildman–Crippen LogP) is 4.59. The van der Waals surface area contributed by atoms with Gasteiger partial charge < -0.3 is 10.5 Å². The van der Waals surface area contributed by atoms with Gasteiger partial charge in [-0.2, -0.15) is 0 Å². The van der Waals surface area contributed by atoms with Gasteiger partial charge in [-0.15, -0.1) is 0 Å². The van der Waals surface area contributed by atoms with Crippen molar-refractivity contribution in [1.29, 1.82) is 0 Å². The minimum absolute atomic E-state index is 0.112. The average Bonchev–Trinajstić information content (AvgIpc) is 2.86. The average molecular weight is 302 g/mol. The maximum atomic E-state index is 6.29. The van der Waals surface area contributed by atoms with Gasteiger partial charge in [-0.1, -0.05) is 30.1 Å². The molecule has 1 aliphatic carbocycles. The number of halogens is 2. The lowest BCUT2D eigenvalue weighted by Gasteiger charge is -2.20. The van der Waals surface area contributed by atoms with Crippen LogP contribution in [0, 0.1) is 0 Å². The minimum Gasteiger partial charge on any atom is -0.489 e. The van der Waals surface area contributed by atoms with E-state index in [1.54, 1.807) is 6.07 Å². The molecule has 1 aliphatic rings. The topological polar surface area (TPSA) is 35.2 Å². The number of hydrogen-bond donors (Lipinski definition) is 1. The van der Waals surface area contributed by atoms with Crippen LogP contribution in [0.4, 0.5) is 0 Å². The quantitative estimate of drug-likeness (QED) is 0.863. The highest BCUT2D eigenvalue weighted by molar-refractivity contribution is 6.35. The first-order chi connectivity index (χ1) is 9.10. The van der Waals surface area contributed by atoms with E-state index in [4.69, 9.17) is 33.7 Å². The Hall–Kier alpha value is -0.440. The zero-order chi connectivity index (χ0) is 13.8. The number of hydrogen-bond acceptors (Lipinski definition) is 2. The molecule has 0 aromatic heterocycles. The lowest BCUT2D eigenvalue weighted by Crippen LogP contribution is -2.22. The fraction of sp³-hybridized carbons (Fsp3) is 0.600. The van der Waals surface area contributed by atoms with Gasteiger partial charge in [0.1, 0.15) is 5.75 Å². The van der Waals surface area contributed by atoms with Gasteiger partial charge in [0.2, 0.25) is 0 Å². The van der Waals surface area contributed by atoms with Crippen LogP contribution < -0.4 is 10.5 Å². The maximum absolute atomic E-state index is 6.29.